The lowest BCUT2D eigenvalue weighted by Crippen LogP contribution is -2.33. The van der Waals surface area contributed by atoms with Crippen LogP contribution >= 0.6 is 15.9 Å². The molecule has 0 bridgehead atoms. The van der Waals surface area contributed by atoms with Crippen LogP contribution in [0.5, 0.6) is 5.75 Å². The Morgan fingerprint density at radius 3 is 2.75 bits per heavy atom. The van der Waals surface area contributed by atoms with E-state index in [1.807, 2.05) is 0 Å². The number of benzene rings is 1. The highest BCUT2D eigenvalue weighted by Gasteiger charge is 2.12. The molecule has 0 heterocycles. The maximum Gasteiger partial charge on any atom is 0.255 e. The molecule has 0 aromatic heterocycles. The lowest BCUT2D eigenvalue weighted by Gasteiger charge is -2.09. The first-order chi connectivity index (χ1) is 7.54. The van der Waals surface area contributed by atoms with Crippen LogP contribution in [0.15, 0.2) is 22.7 Å². The number of rotatable bonds is 4. The Kier molecular flexibility index (Phi) is 4.72. The van der Waals surface area contributed by atoms with Gasteiger partial charge in [0, 0.05) is 11.0 Å². The molecule has 1 amide bonds. The van der Waals surface area contributed by atoms with Crippen molar-refractivity contribution in [3.8, 4) is 5.75 Å². The van der Waals surface area contributed by atoms with Crippen LogP contribution in [0, 0.1) is 0 Å². The number of aliphatic hydroxyl groups excluding tert-OH is 2. The largest absolute Gasteiger partial charge is 0.507 e. The van der Waals surface area contributed by atoms with E-state index in [0.29, 0.717) is 4.47 Å². The minimum absolute atomic E-state index is 0.0646. The summed E-state index contributed by atoms with van der Waals surface area (Å²) in [6, 6.07) is 4.48. The highest BCUT2D eigenvalue weighted by Crippen LogP contribution is 2.21. The van der Waals surface area contributed by atoms with Crippen molar-refractivity contribution in [3.63, 3.8) is 0 Å². The lowest BCUT2D eigenvalue weighted by atomic mass is 10.2. The number of aliphatic hydroxyl groups is 2. The first kappa shape index (κ1) is 13.0. The monoisotopic (exact) mass is 289 g/mol. The molecular weight excluding hydrogens is 278 g/mol. The number of hydrogen-bond donors (Lipinski definition) is 4. The summed E-state index contributed by atoms with van der Waals surface area (Å²) in [5.41, 5.74) is 0.119. The van der Waals surface area contributed by atoms with E-state index in [1.165, 1.54) is 12.1 Å². The summed E-state index contributed by atoms with van der Waals surface area (Å²) in [5, 5.41) is 29.5. The van der Waals surface area contributed by atoms with Crippen LogP contribution in [0.25, 0.3) is 0 Å². The molecule has 0 aliphatic heterocycles. The number of halogens is 1. The molecule has 0 fully saturated rings. The van der Waals surface area contributed by atoms with Gasteiger partial charge in [-0.2, -0.15) is 0 Å². The molecule has 1 aromatic carbocycles. The molecule has 88 valence electrons. The average molecular weight is 290 g/mol. The standard InChI is InChI=1S/C10H12BrNO4/c11-6-1-2-8(9(15)3-6)10(16)12-4-7(14)5-13/h1-3,7,13-15H,4-5H2,(H,12,16). The molecule has 0 saturated heterocycles. The SMILES string of the molecule is O=C(NCC(O)CO)c1ccc(Br)cc1O. The van der Waals surface area contributed by atoms with Gasteiger partial charge in [-0.1, -0.05) is 15.9 Å². The summed E-state index contributed by atoms with van der Waals surface area (Å²) in [6.07, 6.45) is -0.999. The van der Waals surface area contributed by atoms with Crippen LogP contribution in [-0.2, 0) is 0 Å². The fourth-order valence-corrected chi connectivity index (χ4v) is 1.42. The van der Waals surface area contributed by atoms with Crippen molar-refractivity contribution in [1.29, 1.82) is 0 Å². The molecule has 0 spiro atoms. The molecule has 0 radical (unpaired) electrons. The molecule has 0 aliphatic rings. The van der Waals surface area contributed by atoms with Crippen molar-refractivity contribution < 1.29 is 20.1 Å². The molecule has 1 aromatic rings. The molecule has 16 heavy (non-hydrogen) atoms. The van der Waals surface area contributed by atoms with Gasteiger partial charge in [-0.25, -0.2) is 0 Å². The van der Waals surface area contributed by atoms with Crippen molar-refractivity contribution in [2.75, 3.05) is 13.2 Å². The Balaban J connectivity index is 2.66. The van der Waals surface area contributed by atoms with E-state index in [-0.39, 0.29) is 17.9 Å². The first-order valence-corrected chi connectivity index (χ1v) is 5.39. The van der Waals surface area contributed by atoms with Gasteiger partial charge in [0.1, 0.15) is 5.75 Å². The third-order valence-corrected chi connectivity index (χ3v) is 2.41. The zero-order valence-electron chi connectivity index (χ0n) is 8.35. The topological polar surface area (TPSA) is 89.8 Å². The highest BCUT2D eigenvalue weighted by atomic mass is 79.9. The van der Waals surface area contributed by atoms with E-state index < -0.39 is 18.6 Å². The maximum atomic E-state index is 11.5. The van der Waals surface area contributed by atoms with Crippen molar-refractivity contribution in [3.05, 3.63) is 28.2 Å². The molecule has 6 heteroatoms. The van der Waals surface area contributed by atoms with Crippen LogP contribution in [0.2, 0.25) is 0 Å². The molecule has 0 saturated carbocycles. The van der Waals surface area contributed by atoms with Gasteiger partial charge in [0.15, 0.2) is 0 Å². The molecule has 1 unspecified atom stereocenters. The number of phenols is 1. The normalized spacial score (nSPS) is 12.2. The summed E-state index contributed by atoms with van der Waals surface area (Å²) in [7, 11) is 0. The number of amides is 1. The molecule has 1 rings (SSSR count). The van der Waals surface area contributed by atoms with E-state index in [4.69, 9.17) is 10.2 Å². The third-order valence-electron chi connectivity index (χ3n) is 1.91. The maximum absolute atomic E-state index is 11.5. The van der Waals surface area contributed by atoms with Gasteiger partial charge in [0.2, 0.25) is 0 Å². The number of carbonyl (C=O) groups excluding carboxylic acids is 1. The van der Waals surface area contributed by atoms with Crippen LogP contribution in [0.1, 0.15) is 10.4 Å². The number of carbonyl (C=O) groups is 1. The van der Waals surface area contributed by atoms with E-state index in [1.54, 1.807) is 6.07 Å². The fraction of sp³-hybridized carbons (Fsp3) is 0.300. The fourth-order valence-electron chi connectivity index (χ4n) is 1.07. The van der Waals surface area contributed by atoms with Crippen molar-refractivity contribution in [1.82, 2.24) is 5.32 Å². The predicted molar refractivity (Wildman–Crippen MR) is 61.2 cm³/mol. The summed E-state index contributed by atoms with van der Waals surface area (Å²) in [6.45, 7) is -0.489. The Morgan fingerprint density at radius 2 is 2.19 bits per heavy atom. The van der Waals surface area contributed by atoms with Crippen LogP contribution < -0.4 is 5.32 Å². The second kappa shape index (κ2) is 5.83. The van der Waals surface area contributed by atoms with Gasteiger partial charge in [-0.3, -0.25) is 4.79 Å². The Morgan fingerprint density at radius 1 is 1.50 bits per heavy atom. The molecule has 1 atom stereocenters. The van der Waals surface area contributed by atoms with E-state index >= 15 is 0 Å². The molecule has 5 nitrogen and oxygen atoms in total. The Bertz CT molecular complexity index is 383. The van der Waals surface area contributed by atoms with Gasteiger partial charge in [-0.15, -0.1) is 0 Å². The van der Waals surface area contributed by atoms with Gasteiger partial charge in [-0.05, 0) is 18.2 Å². The average Bonchev–Trinajstić information content (AvgIpc) is 2.25. The van der Waals surface area contributed by atoms with Crippen molar-refractivity contribution in [2.24, 2.45) is 0 Å². The summed E-state index contributed by atoms with van der Waals surface area (Å²) < 4.78 is 0.664. The van der Waals surface area contributed by atoms with Crippen molar-refractivity contribution in [2.45, 2.75) is 6.10 Å². The molecule has 4 N–H and O–H groups in total. The minimum atomic E-state index is -0.999. The third kappa shape index (κ3) is 3.48. The summed E-state index contributed by atoms with van der Waals surface area (Å²) in [5.74, 6) is -0.650. The minimum Gasteiger partial charge on any atom is -0.507 e. The predicted octanol–water partition coefficient (Wildman–Crippen LogP) is 0.238. The quantitative estimate of drug-likeness (QED) is 0.639. The van der Waals surface area contributed by atoms with Crippen LogP contribution in [0.3, 0.4) is 0 Å². The van der Waals surface area contributed by atoms with Gasteiger partial charge in [0.05, 0.1) is 18.3 Å². The number of phenolic OH excluding ortho intramolecular Hbond substituents is 1. The lowest BCUT2D eigenvalue weighted by molar-refractivity contribution is 0.0800. The van der Waals surface area contributed by atoms with Gasteiger partial charge >= 0.3 is 0 Å². The number of hydrogen-bond acceptors (Lipinski definition) is 4. The molecule has 0 aliphatic carbocycles. The first-order valence-electron chi connectivity index (χ1n) is 4.60. The Hall–Kier alpha value is -1.11. The van der Waals surface area contributed by atoms with Crippen LogP contribution in [0.4, 0.5) is 0 Å². The van der Waals surface area contributed by atoms with E-state index in [2.05, 4.69) is 21.2 Å². The van der Waals surface area contributed by atoms with E-state index in [0.717, 1.165) is 0 Å². The van der Waals surface area contributed by atoms with Gasteiger partial charge < -0.3 is 20.6 Å². The number of nitrogens with one attached hydrogen (secondary N) is 1. The smallest absolute Gasteiger partial charge is 0.255 e. The highest BCUT2D eigenvalue weighted by molar-refractivity contribution is 9.10. The second-order valence-corrected chi connectivity index (χ2v) is 4.12. The second-order valence-electron chi connectivity index (χ2n) is 3.21. The summed E-state index contributed by atoms with van der Waals surface area (Å²) in [4.78, 5) is 11.5. The zero-order chi connectivity index (χ0) is 12.1. The Labute approximate surface area is 101 Å². The zero-order valence-corrected chi connectivity index (χ0v) is 9.94. The van der Waals surface area contributed by atoms with Crippen molar-refractivity contribution >= 4 is 21.8 Å². The summed E-state index contributed by atoms with van der Waals surface area (Å²) >= 11 is 3.15. The molecular formula is C10H12BrNO4. The van der Waals surface area contributed by atoms with E-state index in [9.17, 15) is 9.90 Å². The van der Waals surface area contributed by atoms with Crippen LogP contribution in [-0.4, -0.2) is 40.5 Å². The number of aromatic hydroxyl groups is 1. The van der Waals surface area contributed by atoms with Gasteiger partial charge in [0.25, 0.3) is 5.91 Å².